The molecule has 3 heterocycles. The number of aromatic nitrogens is 5. The van der Waals surface area contributed by atoms with Gasteiger partial charge in [0, 0.05) is 48.5 Å². The van der Waals surface area contributed by atoms with E-state index in [1.807, 2.05) is 0 Å². The maximum Gasteiger partial charge on any atom is 0.469 e. The summed E-state index contributed by atoms with van der Waals surface area (Å²) in [5, 5.41) is 8.43. The average Bonchev–Trinajstić information content (AvgIpc) is 3.76. The van der Waals surface area contributed by atoms with Gasteiger partial charge in [0.25, 0.3) is 5.92 Å². The third kappa shape index (κ3) is 12.1. The van der Waals surface area contributed by atoms with Crippen LogP contribution in [0.4, 0.5) is 54.5 Å². The van der Waals surface area contributed by atoms with E-state index in [9.17, 15) is 75.9 Å². The molecule has 3 N–H and O–H groups in total. The molecule has 18 nitrogen and oxygen atoms in total. The van der Waals surface area contributed by atoms with Crippen LogP contribution in [0.15, 0.2) is 42.5 Å². The molecule has 0 saturated heterocycles. The molecule has 3 aromatic heterocycles. The second-order valence-corrected chi connectivity index (χ2v) is 24.6. The van der Waals surface area contributed by atoms with Gasteiger partial charge in [-0.05, 0) is 81.3 Å². The lowest BCUT2D eigenvalue weighted by molar-refractivity contribution is -0.143. The molecule has 0 radical (unpaired) electrons. The van der Waals surface area contributed by atoms with Crippen LogP contribution in [0.5, 0.6) is 0 Å². The zero-order valence-electron chi connectivity index (χ0n) is 40.1. The lowest BCUT2D eigenvalue weighted by atomic mass is 9.93. The minimum absolute atomic E-state index is 0.0613. The highest BCUT2D eigenvalue weighted by Gasteiger charge is 2.68. The van der Waals surface area contributed by atoms with E-state index in [2.05, 4.69) is 36.9 Å². The van der Waals surface area contributed by atoms with Gasteiger partial charge in [-0.3, -0.25) is 18.7 Å². The highest BCUT2D eigenvalue weighted by Crippen LogP contribution is 2.68. The zero-order chi connectivity index (χ0) is 56.8. The molecule has 2 aliphatic carbocycles. The summed E-state index contributed by atoms with van der Waals surface area (Å²) in [7, 11) is -13.1. The van der Waals surface area contributed by atoms with Gasteiger partial charge in [-0.1, -0.05) is 23.6 Å². The molecule has 1 saturated carbocycles. The van der Waals surface area contributed by atoms with Crippen LogP contribution < -0.4 is 9.62 Å². The van der Waals surface area contributed by atoms with Crippen LogP contribution in [0.25, 0.3) is 22.0 Å². The number of alkyl halides is 8. The van der Waals surface area contributed by atoms with Crippen LogP contribution in [0.3, 0.4) is 0 Å². The molecular weight excluding hydrogens is 1120 g/mol. The molecule has 3 amide bonds. The Balaban J connectivity index is 1.48. The second kappa shape index (κ2) is 19.9. The Hall–Kier alpha value is -5.83. The van der Waals surface area contributed by atoms with E-state index in [-0.39, 0.29) is 36.9 Å². The Morgan fingerprint density at radius 1 is 0.987 bits per heavy atom. The highest BCUT2D eigenvalue weighted by atomic mass is 35.5. The number of carbonyl (C=O) groups excluding carboxylic acids is 2. The molecule has 5 aromatic rings. The Morgan fingerprint density at radius 2 is 1.61 bits per heavy atom. The number of sulfone groups is 1. The van der Waals surface area contributed by atoms with Crippen molar-refractivity contribution >= 4 is 67.9 Å². The third-order valence-electron chi connectivity index (χ3n) is 12.2. The van der Waals surface area contributed by atoms with Crippen LogP contribution >= 0.6 is 19.4 Å². The first-order valence-electron chi connectivity index (χ1n) is 22.0. The number of carbonyl (C=O) groups is 2. The summed E-state index contributed by atoms with van der Waals surface area (Å²) < 4.78 is 214. The number of nitrogens with one attached hydrogen (secondary N) is 1. The topological polar surface area (TPSA) is 236 Å². The number of anilines is 1. The van der Waals surface area contributed by atoms with Gasteiger partial charge in [0.05, 0.1) is 40.0 Å². The molecule has 7 rings (SSSR count). The number of hydrogen-bond acceptors (Lipinski definition) is 11. The van der Waals surface area contributed by atoms with Gasteiger partial charge in [0.2, 0.25) is 15.9 Å². The van der Waals surface area contributed by atoms with Gasteiger partial charge in [-0.2, -0.15) is 49.6 Å². The first-order chi connectivity index (χ1) is 34.7. The van der Waals surface area contributed by atoms with Crippen molar-refractivity contribution in [1.29, 1.82) is 0 Å². The number of hydrogen-bond donors (Lipinski definition) is 3. The zero-order valence-corrected chi connectivity index (χ0v) is 43.4. The molecule has 4 atom stereocenters. The molecule has 76 heavy (non-hydrogen) atoms. The molecule has 1 fully saturated rings. The number of pyridine rings is 1. The fourth-order valence-corrected chi connectivity index (χ4v) is 10.5. The number of likely N-dealkylation sites (N-methyl/N-ethyl adjacent to an activating group) is 1. The SMILES string of the molecule is C[C@H](CN(C)C(=O)N(c1nn(CC(F)(F)F)c2c(-c3ccc(C#CC(C)(C)S(C)(=O)=O)nc3[C@H](Cc3cc(F)cc(F)c3)NC(=O)Cn3nc(C(F)(F)F)c4c3C(F)(F)[C@@H]3C[C@H]43)ccc(Cl)c12)S(C)(=O)=O)OP(=O)(O)O. The van der Waals surface area contributed by atoms with Crippen molar-refractivity contribution in [2.45, 2.75) is 87.8 Å². The van der Waals surface area contributed by atoms with Crippen molar-refractivity contribution in [1.82, 2.24) is 34.8 Å². The first-order valence-corrected chi connectivity index (χ1v) is 27.6. The average molecular weight is 1160 g/mol. The van der Waals surface area contributed by atoms with Crippen molar-refractivity contribution in [3.63, 3.8) is 0 Å². The second-order valence-electron chi connectivity index (χ2n) is 18.6. The summed E-state index contributed by atoms with van der Waals surface area (Å²) in [4.78, 5) is 51.9. The first kappa shape index (κ1) is 57.9. The third-order valence-corrected chi connectivity index (χ3v) is 16.1. The Kier molecular flexibility index (Phi) is 15.1. The lowest BCUT2D eigenvalue weighted by Crippen LogP contribution is -2.47. The summed E-state index contributed by atoms with van der Waals surface area (Å²) in [6, 6.07) is 2.90. The lowest BCUT2D eigenvalue weighted by Gasteiger charge is -2.27. The number of rotatable bonds is 15. The number of halogens is 11. The van der Waals surface area contributed by atoms with Gasteiger partial charge in [0.15, 0.2) is 21.3 Å². The smallest absolute Gasteiger partial charge is 0.346 e. The number of urea groups is 1. The van der Waals surface area contributed by atoms with Gasteiger partial charge in [-0.25, -0.2) is 40.0 Å². The van der Waals surface area contributed by atoms with E-state index in [0.717, 1.165) is 56.6 Å². The number of amides is 3. The monoisotopic (exact) mass is 1160 g/mol. The fourth-order valence-electron chi connectivity index (χ4n) is 8.68. The number of fused-ring (bicyclic) bond motifs is 4. The van der Waals surface area contributed by atoms with Crippen molar-refractivity contribution in [3.8, 4) is 23.0 Å². The predicted molar refractivity (Wildman–Crippen MR) is 251 cm³/mol. The summed E-state index contributed by atoms with van der Waals surface area (Å²) in [6.45, 7) is -0.606. The van der Waals surface area contributed by atoms with E-state index >= 15 is 8.78 Å². The molecule has 32 heteroatoms. The number of benzene rings is 2. The minimum atomic E-state index is -5.25. The van der Waals surface area contributed by atoms with Crippen LogP contribution in [0, 0.1) is 29.4 Å². The molecule has 2 aromatic carbocycles. The normalized spacial score (nSPS) is 17.4. The molecule has 2 aliphatic rings. The molecule has 0 spiro atoms. The van der Waals surface area contributed by atoms with Gasteiger partial charge < -0.3 is 20.0 Å². The fraction of sp³-hybridized carbons (Fsp3) is 0.432. The molecule has 412 valence electrons. The quantitative estimate of drug-likeness (QED) is 0.0521. The highest BCUT2D eigenvalue weighted by molar-refractivity contribution is 7.93. The van der Waals surface area contributed by atoms with E-state index in [1.165, 1.54) is 13.8 Å². The summed E-state index contributed by atoms with van der Waals surface area (Å²) in [5.74, 6) is -6.34. The van der Waals surface area contributed by atoms with Crippen LogP contribution in [0.1, 0.15) is 73.1 Å². The summed E-state index contributed by atoms with van der Waals surface area (Å²) in [5.41, 5.74) is -6.30. The van der Waals surface area contributed by atoms with Crippen molar-refractivity contribution in [3.05, 3.63) is 93.0 Å². The van der Waals surface area contributed by atoms with E-state index in [1.54, 1.807) is 0 Å². The van der Waals surface area contributed by atoms with Gasteiger partial charge in [0.1, 0.15) is 40.9 Å². The Morgan fingerprint density at radius 3 is 2.17 bits per heavy atom. The summed E-state index contributed by atoms with van der Waals surface area (Å²) in [6.07, 6.45) is -11.7. The standard InChI is InChI=1S/C44H42ClF10N8O10PS2/c1-21(73-74(66,67)68)18-60(4)40(65)63(76(6,71)72)39-34-30(45)10-9-27(36(34)62(59-39)20-42(48,49)50)26-8-7-25(11-12-41(2,3)75(5,69)70)56-35(26)31(15-22-13-23(46)16-24(47)14-22)57-32(64)19-61-38-33(37(58-61)44(53,54)55)28-17-29(28)43(38,51)52/h7-10,13-14,16,21,28-29,31H,15,17-20H2,1-6H3,(H,57,64)(H2,66,67,68)/t21-,28+,29-,31+/m1/s1. The maximum absolute atomic E-state index is 15.6. The predicted octanol–water partition coefficient (Wildman–Crippen LogP) is 7.61. The van der Waals surface area contributed by atoms with E-state index in [4.69, 9.17) is 11.6 Å². The Labute approximate surface area is 430 Å². The van der Waals surface area contributed by atoms with Crippen molar-refractivity contribution < 1.29 is 89.2 Å². The van der Waals surface area contributed by atoms with E-state index < -0.39 is 174 Å². The van der Waals surface area contributed by atoms with Crippen LogP contribution in [-0.2, 0) is 65.4 Å². The molecule has 0 bridgehead atoms. The minimum Gasteiger partial charge on any atom is -0.346 e. The molecular formula is C44H42ClF10N8O10PS2. The maximum atomic E-state index is 15.6. The van der Waals surface area contributed by atoms with E-state index in [0.29, 0.717) is 17.2 Å². The number of phosphoric acid groups is 1. The van der Waals surface area contributed by atoms with Crippen molar-refractivity contribution in [2.75, 3.05) is 30.4 Å². The Bertz CT molecular complexity index is 3520. The molecule has 0 aliphatic heterocycles. The van der Waals surface area contributed by atoms with Gasteiger partial charge in [-0.15, -0.1) is 0 Å². The number of sulfonamides is 1. The number of phosphoric ester groups is 1. The summed E-state index contributed by atoms with van der Waals surface area (Å²) >= 11 is 6.64. The van der Waals surface area contributed by atoms with Gasteiger partial charge >= 0.3 is 26.2 Å². The van der Waals surface area contributed by atoms with Crippen molar-refractivity contribution in [2.24, 2.45) is 5.92 Å². The van der Waals surface area contributed by atoms with Crippen LogP contribution in [0.2, 0.25) is 5.02 Å². The molecule has 0 unspecified atom stereocenters. The largest absolute Gasteiger partial charge is 0.469 e. The number of nitrogens with zero attached hydrogens (tertiary/aromatic N) is 7. The van der Waals surface area contributed by atoms with Crippen LogP contribution in [-0.4, -0.2) is 111 Å².